The summed E-state index contributed by atoms with van der Waals surface area (Å²) in [4.78, 5) is 23.3. The lowest BCUT2D eigenvalue weighted by Gasteiger charge is -2.30. The highest BCUT2D eigenvalue weighted by Crippen LogP contribution is 2.25. The molecule has 0 spiro atoms. The maximum atomic E-state index is 12.4. The van der Waals surface area contributed by atoms with Gasteiger partial charge < -0.3 is 20.3 Å². The van der Waals surface area contributed by atoms with Gasteiger partial charge >= 0.3 is 6.36 Å². The van der Waals surface area contributed by atoms with Gasteiger partial charge in [-0.25, -0.2) is 4.98 Å². The van der Waals surface area contributed by atoms with Gasteiger partial charge in [-0.3, -0.25) is 4.79 Å². The molecule has 1 aromatic heterocycles. The second-order valence-corrected chi connectivity index (χ2v) is 7.84. The van der Waals surface area contributed by atoms with Gasteiger partial charge in [-0.05, 0) is 50.8 Å². The van der Waals surface area contributed by atoms with Gasteiger partial charge in [0, 0.05) is 43.5 Å². The van der Waals surface area contributed by atoms with Crippen molar-refractivity contribution in [3.8, 4) is 5.75 Å². The summed E-state index contributed by atoms with van der Waals surface area (Å²) in [5.74, 6) is 0.600. The number of benzene rings is 1. The molecule has 32 heavy (non-hydrogen) atoms. The zero-order valence-electron chi connectivity index (χ0n) is 18.1. The Hall–Kier alpha value is -2.75. The molecule has 0 aliphatic heterocycles. The van der Waals surface area contributed by atoms with Crippen LogP contribution in [0.1, 0.15) is 41.6 Å². The third kappa shape index (κ3) is 7.15. The molecule has 1 aromatic carbocycles. The van der Waals surface area contributed by atoms with E-state index in [9.17, 15) is 18.0 Å². The molecule has 11 heteroatoms. The Morgan fingerprint density at radius 2 is 1.81 bits per heavy atom. The SMILES string of the molecule is Cc1cnc(N[C@H]2CC[C@@H](NC(=O)c3cccc(OC(F)(F)F)c3)CC2)nc1N(C)C.Cl. The van der Waals surface area contributed by atoms with E-state index in [0.29, 0.717) is 5.95 Å². The fourth-order valence-electron chi connectivity index (χ4n) is 3.62. The van der Waals surface area contributed by atoms with Gasteiger partial charge in [0.2, 0.25) is 5.95 Å². The maximum Gasteiger partial charge on any atom is 0.573 e. The molecule has 0 atom stereocenters. The number of alkyl halides is 3. The lowest BCUT2D eigenvalue weighted by atomic mass is 9.91. The second kappa shape index (κ2) is 10.7. The molecule has 3 rings (SSSR count). The quantitative estimate of drug-likeness (QED) is 0.650. The third-order valence-electron chi connectivity index (χ3n) is 5.09. The number of carbonyl (C=O) groups is 1. The molecule has 2 N–H and O–H groups in total. The van der Waals surface area contributed by atoms with Crippen LogP contribution in [0.25, 0.3) is 0 Å². The number of aromatic nitrogens is 2. The molecule has 1 fully saturated rings. The molecule has 176 valence electrons. The second-order valence-electron chi connectivity index (χ2n) is 7.84. The fourth-order valence-corrected chi connectivity index (χ4v) is 3.62. The topological polar surface area (TPSA) is 79.4 Å². The van der Waals surface area contributed by atoms with Crippen molar-refractivity contribution in [3.63, 3.8) is 0 Å². The highest BCUT2D eigenvalue weighted by molar-refractivity contribution is 5.94. The molecular formula is C21H27ClF3N5O2. The number of amides is 1. The van der Waals surface area contributed by atoms with Gasteiger partial charge in [0.05, 0.1) is 0 Å². The number of aryl methyl sites for hydroxylation is 1. The van der Waals surface area contributed by atoms with Crippen LogP contribution in [0.15, 0.2) is 30.5 Å². The first-order valence-corrected chi connectivity index (χ1v) is 10.0. The summed E-state index contributed by atoms with van der Waals surface area (Å²) in [5.41, 5.74) is 1.12. The van der Waals surface area contributed by atoms with Crippen LogP contribution in [0.2, 0.25) is 0 Å². The van der Waals surface area contributed by atoms with Gasteiger partial charge in [0.25, 0.3) is 5.91 Å². The van der Waals surface area contributed by atoms with Crippen molar-refractivity contribution in [2.24, 2.45) is 0 Å². The minimum atomic E-state index is -4.80. The predicted octanol–water partition coefficient (Wildman–Crippen LogP) is 4.32. The van der Waals surface area contributed by atoms with Gasteiger partial charge in [0.15, 0.2) is 0 Å². The first kappa shape index (κ1) is 25.5. The predicted molar refractivity (Wildman–Crippen MR) is 119 cm³/mol. The van der Waals surface area contributed by atoms with Gasteiger partial charge in [-0.2, -0.15) is 4.98 Å². The van der Waals surface area contributed by atoms with E-state index < -0.39 is 18.0 Å². The van der Waals surface area contributed by atoms with Crippen molar-refractivity contribution in [2.45, 2.75) is 51.1 Å². The summed E-state index contributed by atoms with van der Waals surface area (Å²) in [6, 6.07) is 5.22. The summed E-state index contributed by atoms with van der Waals surface area (Å²) in [6.45, 7) is 1.96. The Balaban J connectivity index is 0.00000363. The van der Waals surface area contributed by atoms with Crippen LogP contribution in [0.3, 0.4) is 0 Å². The molecule has 0 bridgehead atoms. The van der Waals surface area contributed by atoms with Crippen LogP contribution < -0.4 is 20.3 Å². The number of nitrogens with zero attached hydrogens (tertiary/aromatic N) is 3. The van der Waals surface area contributed by atoms with Crippen LogP contribution in [-0.4, -0.2) is 48.4 Å². The third-order valence-corrected chi connectivity index (χ3v) is 5.09. The smallest absolute Gasteiger partial charge is 0.406 e. The summed E-state index contributed by atoms with van der Waals surface area (Å²) in [6.07, 6.45) is 0.110. The lowest BCUT2D eigenvalue weighted by molar-refractivity contribution is -0.274. The van der Waals surface area contributed by atoms with E-state index in [2.05, 4.69) is 25.3 Å². The molecular weight excluding hydrogens is 447 g/mol. The van der Waals surface area contributed by atoms with E-state index in [-0.39, 0.29) is 30.1 Å². The summed E-state index contributed by atoms with van der Waals surface area (Å²) in [5, 5.41) is 6.25. The minimum Gasteiger partial charge on any atom is -0.406 e. The lowest BCUT2D eigenvalue weighted by Crippen LogP contribution is -2.40. The first-order chi connectivity index (χ1) is 14.6. The van der Waals surface area contributed by atoms with Crippen molar-refractivity contribution in [1.82, 2.24) is 15.3 Å². The summed E-state index contributed by atoms with van der Waals surface area (Å²) < 4.78 is 41.0. The normalized spacial score (nSPS) is 18.3. The Labute approximate surface area is 191 Å². The van der Waals surface area contributed by atoms with Crippen LogP contribution >= 0.6 is 12.4 Å². The first-order valence-electron chi connectivity index (χ1n) is 10.0. The van der Waals surface area contributed by atoms with Gasteiger partial charge in [-0.15, -0.1) is 25.6 Å². The highest BCUT2D eigenvalue weighted by atomic mass is 35.5. The number of anilines is 2. The molecule has 0 saturated heterocycles. The van der Waals surface area contributed by atoms with Crippen molar-refractivity contribution in [3.05, 3.63) is 41.6 Å². The monoisotopic (exact) mass is 473 g/mol. The van der Waals surface area contributed by atoms with E-state index in [1.165, 1.54) is 12.1 Å². The van der Waals surface area contributed by atoms with E-state index in [1.807, 2.05) is 25.9 Å². The number of hydrogen-bond donors (Lipinski definition) is 2. The molecule has 0 radical (unpaired) electrons. The van der Waals surface area contributed by atoms with E-state index >= 15 is 0 Å². The van der Waals surface area contributed by atoms with Crippen molar-refractivity contribution < 1.29 is 22.7 Å². The van der Waals surface area contributed by atoms with Crippen molar-refractivity contribution in [2.75, 3.05) is 24.3 Å². The molecule has 1 aliphatic carbocycles. The largest absolute Gasteiger partial charge is 0.573 e. The average Bonchev–Trinajstić information content (AvgIpc) is 2.69. The molecule has 1 heterocycles. The molecule has 1 saturated carbocycles. The van der Waals surface area contributed by atoms with E-state index in [4.69, 9.17) is 0 Å². The van der Waals surface area contributed by atoms with Crippen LogP contribution in [-0.2, 0) is 0 Å². The Kier molecular flexibility index (Phi) is 8.54. The standard InChI is InChI=1S/C21H26F3N5O2.ClH/c1-13-12-25-20(28-18(13)29(2)3)27-16-9-7-15(8-10-16)26-19(30)14-5-4-6-17(11-14)31-21(22,23)24;/h4-6,11-12,15-16H,7-10H2,1-3H3,(H,26,30)(H,25,27,28);1H/t15-,16+;. The number of ether oxygens (including phenoxy) is 1. The van der Waals surface area contributed by atoms with Gasteiger partial charge in [0.1, 0.15) is 11.6 Å². The average molecular weight is 474 g/mol. The molecule has 1 aliphatic rings. The fraction of sp³-hybridized carbons (Fsp3) is 0.476. The molecule has 0 unspecified atom stereocenters. The highest BCUT2D eigenvalue weighted by Gasteiger charge is 2.31. The zero-order chi connectivity index (χ0) is 22.6. The van der Waals surface area contributed by atoms with E-state index in [1.54, 1.807) is 6.20 Å². The Bertz CT molecular complexity index is 919. The zero-order valence-corrected chi connectivity index (χ0v) is 18.9. The van der Waals surface area contributed by atoms with Crippen LogP contribution in [0.4, 0.5) is 24.9 Å². The van der Waals surface area contributed by atoms with Crippen molar-refractivity contribution in [1.29, 1.82) is 0 Å². The van der Waals surface area contributed by atoms with E-state index in [0.717, 1.165) is 49.2 Å². The number of hydrogen-bond acceptors (Lipinski definition) is 6. The number of carbonyl (C=O) groups excluding carboxylic acids is 1. The number of halogens is 4. The Morgan fingerprint density at radius 3 is 2.44 bits per heavy atom. The van der Waals surface area contributed by atoms with Gasteiger partial charge in [-0.1, -0.05) is 6.07 Å². The maximum absolute atomic E-state index is 12.4. The molecule has 7 nitrogen and oxygen atoms in total. The Morgan fingerprint density at radius 1 is 1.16 bits per heavy atom. The van der Waals surface area contributed by atoms with Crippen molar-refractivity contribution >= 4 is 30.1 Å². The van der Waals surface area contributed by atoms with Crippen LogP contribution in [0, 0.1) is 6.92 Å². The number of rotatable bonds is 6. The summed E-state index contributed by atoms with van der Waals surface area (Å²) in [7, 11) is 3.86. The molecule has 1 amide bonds. The van der Waals surface area contributed by atoms with Crippen LogP contribution in [0.5, 0.6) is 5.75 Å². The number of nitrogens with one attached hydrogen (secondary N) is 2. The minimum absolute atomic E-state index is 0. The molecule has 2 aromatic rings. The summed E-state index contributed by atoms with van der Waals surface area (Å²) >= 11 is 0.